The van der Waals surface area contributed by atoms with E-state index in [4.69, 9.17) is 0 Å². The van der Waals surface area contributed by atoms with Gasteiger partial charge in [-0.05, 0) is 43.1 Å². The van der Waals surface area contributed by atoms with Crippen LogP contribution in [0.3, 0.4) is 0 Å². The predicted molar refractivity (Wildman–Crippen MR) is 74.4 cm³/mol. The summed E-state index contributed by atoms with van der Waals surface area (Å²) in [7, 11) is 0. The standard InChI is InChI=1S/C15H28N2O/c1-14(2,3)5-4-13(18)17-10-7-15(8-11-17)6-9-16-12-15/h16H,4-12H2,1-3H3. The summed E-state index contributed by atoms with van der Waals surface area (Å²) >= 11 is 0. The summed E-state index contributed by atoms with van der Waals surface area (Å²) in [5, 5.41) is 3.47. The summed E-state index contributed by atoms with van der Waals surface area (Å²) in [4.78, 5) is 14.3. The van der Waals surface area contributed by atoms with E-state index in [0.717, 1.165) is 39.0 Å². The smallest absolute Gasteiger partial charge is 0.222 e. The maximum Gasteiger partial charge on any atom is 0.222 e. The van der Waals surface area contributed by atoms with Crippen LogP contribution >= 0.6 is 0 Å². The Morgan fingerprint density at radius 1 is 1.22 bits per heavy atom. The second-order valence-electron chi connectivity index (χ2n) is 7.37. The van der Waals surface area contributed by atoms with Crippen LogP contribution in [0.4, 0.5) is 0 Å². The maximum absolute atomic E-state index is 12.2. The lowest BCUT2D eigenvalue weighted by atomic mass is 9.77. The molecule has 0 aromatic heterocycles. The second kappa shape index (κ2) is 5.20. The number of nitrogens with zero attached hydrogens (tertiary/aromatic N) is 1. The quantitative estimate of drug-likeness (QED) is 0.818. The Balaban J connectivity index is 1.77. The lowest BCUT2D eigenvalue weighted by molar-refractivity contribution is -0.133. The Bertz CT molecular complexity index is 290. The minimum atomic E-state index is 0.266. The summed E-state index contributed by atoms with van der Waals surface area (Å²) in [6, 6.07) is 0. The van der Waals surface area contributed by atoms with Crippen LogP contribution in [0.1, 0.15) is 52.9 Å². The summed E-state index contributed by atoms with van der Waals surface area (Å²) in [6.07, 6.45) is 5.41. The number of likely N-dealkylation sites (tertiary alicyclic amines) is 1. The Labute approximate surface area is 111 Å². The van der Waals surface area contributed by atoms with Gasteiger partial charge in [-0.25, -0.2) is 0 Å². The molecule has 1 amide bonds. The van der Waals surface area contributed by atoms with E-state index in [2.05, 4.69) is 31.0 Å². The van der Waals surface area contributed by atoms with Crippen molar-refractivity contribution in [3.05, 3.63) is 0 Å². The Kier molecular flexibility index (Phi) is 4.00. The number of piperidine rings is 1. The molecule has 0 aromatic carbocycles. The van der Waals surface area contributed by atoms with E-state index in [9.17, 15) is 4.79 Å². The van der Waals surface area contributed by atoms with Gasteiger partial charge in [-0.15, -0.1) is 0 Å². The minimum Gasteiger partial charge on any atom is -0.343 e. The second-order valence-corrected chi connectivity index (χ2v) is 7.37. The van der Waals surface area contributed by atoms with E-state index in [1.807, 2.05) is 0 Å². The summed E-state index contributed by atoms with van der Waals surface area (Å²) < 4.78 is 0. The molecule has 104 valence electrons. The molecular formula is C15H28N2O. The molecule has 2 heterocycles. The molecule has 1 N–H and O–H groups in total. The third-order valence-electron chi connectivity index (χ3n) is 4.60. The van der Waals surface area contributed by atoms with E-state index < -0.39 is 0 Å². The molecule has 0 bridgehead atoms. The normalized spacial score (nSPS) is 23.6. The van der Waals surface area contributed by atoms with Gasteiger partial charge in [0.2, 0.25) is 5.91 Å². The highest BCUT2D eigenvalue weighted by molar-refractivity contribution is 5.76. The predicted octanol–water partition coefficient (Wildman–Crippen LogP) is 2.41. The first-order valence-corrected chi connectivity index (χ1v) is 7.39. The third-order valence-corrected chi connectivity index (χ3v) is 4.60. The van der Waals surface area contributed by atoms with Gasteiger partial charge in [0.1, 0.15) is 0 Å². The topological polar surface area (TPSA) is 32.3 Å². The van der Waals surface area contributed by atoms with Crippen LogP contribution < -0.4 is 5.32 Å². The van der Waals surface area contributed by atoms with Gasteiger partial charge in [0.25, 0.3) is 0 Å². The molecule has 2 aliphatic rings. The van der Waals surface area contributed by atoms with Crippen LogP contribution in [0, 0.1) is 10.8 Å². The molecule has 0 unspecified atom stereocenters. The lowest BCUT2D eigenvalue weighted by Crippen LogP contribution is -2.44. The molecule has 2 fully saturated rings. The van der Waals surface area contributed by atoms with Crippen LogP contribution in [0.5, 0.6) is 0 Å². The van der Waals surface area contributed by atoms with Crippen LogP contribution in [-0.2, 0) is 4.79 Å². The van der Waals surface area contributed by atoms with Gasteiger partial charge in [-0.1, -0.05) is 20.8 Å². The molecule has 1 spiro atoms. The highest BCUT2D eigenvalue weighted by atomic mass is 16.2. The number of hydrogen-bond donors (Lipinski definition) is 1. The van der Waals surface area contributed by atoms with Crippen LogP contribution in [0.2, 0.25) is 0 Å². The number of carbonyl (C=O) groups excluding carboxylic acids is 1. The van der Waals surface area contributed by atoms with E-state index >= 15 is 0 Å². The minimum absolute atomic E-state index is 0.266. The Hall–Kier alpha value is -0.570. The molecule has 0 aromatic rings. The third kappa shape index (κ3) is 3.47. The van der Waals surface area contributed by atoms with E-state index in [-0.39, 0.29) is 5.41 Å². The van der Waals surface area contributed by atoms with Crippen LogP contribution in [0.25, 0.3) is 0 Å². The average Bonchev–Trinajstić information content (AvgIpc) is 2.75. The number of rotatable bonds is 2. The Morgan fingerprint density at radius 3 is 2.39 bits per heavy atom. The molecule has 18 heavy (non-hydrogen) atoms. The molecule has 2 rings (SSSR count). The van der Waals surface area contributed by atoms with Gasteiger partial charge in [0.15, 0.2) is 0 Å². The zero-order valence-electron chi connectivity index (χ0n) is 12.2. The molecule has 0 saturated carbocycles. The highest BCUT2D eigenvalue weighted by Gasteiger charge is 2.37. The van der Waals surface area contributed by atoms with Crippen molar-refractivity contribution >= 4 is 5.91 Å². The van der Waals surface area contributed by atoms with Gasteiger partial charge in [-0.2, -0.15) is 0 Å². The van der Waals surface area contributed by atoms with Crippen molar-refractivity contribution in [2.45, 2.75) is 52.9 Å². The summed E-state index contributed by atoms with van der Waals surface area (Å²) in [5.41, 5.74) is 0.781. The SMILES string of the molecule is CC(C)(C)CCC(=O)N1CCC2(CCNC2)CC1. The van der Waals surface area contributed by atoms with Crippen molar-refractivity contribution < 1.29 is 4.79 Å². The highest BCUT2D eigenvalue weighted by Crippen LogP contribution is 2.37. The largest absolute Gasteiger partial charge is 0.343 e. The lowest BCUT2D eigenvalue weighted by Gasteiger charge is -2.39. The van der Waals surface area contributed by atoms with Gasteiger partial charge in [0, 0.05) is 26.1 Å². The number of hydrogen-bond acceptors (Lipinski definition) is 2. The molecule has 0 aliphatic carbocycles. The van der Waals surface area contributed by atoms with Crippen LogP contribution in [-0.4, -0.2) is 37.0 Å². The van der Waals surface area contributed by atoms with E-state index in [0.29, 0.717) is 11.3 Å². The van der Waals surface area contributed by atoms with Crippen LogP contribution in [0.15, 0.2) is 0 Å². The average molecular weight is 252 g/mol. The molecule has 0 radical (unpaired) electrons. The van der Waals surface area contributed by atoms with E-state index in [1.54, 1.807) is 0 Å². The van der Waals surface area contributed by atoms with Crippen molar-refractivity contribution in [1.29, 1.82) is 0 Å². The molecule has 2 saturated heterocycles. The van der Waals surface area contributed by atoms with Gasteiger partial charge < -0.3 is 10.2 Å². The van der Waals surface area contributed by atoms with Crippen molar-refractivity contribution in [3.8, 4) is 0 Å². The first kappa shape index (κ1) is 13.9. The fourth-order valence-electron chi connectivity index (χ4n) is 3.09. The molecule has 0 atom stereocenters. The zero-order valence-corrected chi connectivity index (χ0v) is 12.2. The molecule has 3 heteroatoms. The summed E-state index contributed by atoms with van der Waals surface area (Å²) in [5.74, 6) is 0.366. The van der Waals surface area contributed by atoms with Crippen molar-refractivity contribution in [1.82, 2.24) is 10.2 Å². The molecular weight excluding hydrogens is 224 g/mol. The monoisotopic (exact) mass is 252 g/mol. The zero-order chi connectivity index (χ0) is 13.2. The summed E-state index contributed by atoms with van der Waals surface area (Å²) in [6.45, 7) is 10.9. The fourth-order valence-corrected chi connectivity index (χ4v) is 3.09. The first-order chi connectivity index (χ1) is 8.40. The molecule has 2 aliphatic heterocycles. The van der Waals surface area contributed by atoms with Gasteiger partial charge in [-0.3, -0.25) is 4.79 Å². The van der Waals surface area contributed by atoms with E-state index in [1.165, 1.54) is 19.3 Å². The molecule has 3 nitrogen and oxygen atoms in total. The van der Waals surface area contributed by atoms with Crippen molar-refractivity contribution in [2.75, 3.05) is 26.2 Å². The number of carbonyl (C=O) groups is 1. The number of amides is 1. The van der Waals surface area contributed by atoms with Gasteiger partial charge in [0.05, 0.1) is 0 Å². The van der Waals surface area contributed by atoms with Crippen molar-refractivity contribution in [2.24, 2.45) is 10.8 Å². The fraction of sp³-hybridized carbons (Fsp3) is 0.933. The maximum atomic E-state index is 12.2. The van der Waals surface area contributed by atoms with Gasteiger partial charge >= 0.3 is 0 Å². The number of nitrogens with one attached hydrogen (secondary N) is 1. The Morgan fingerprint density at radius 2 is 1.89 bits per heavy atom. The first-order valence-electron chi connectivity index (χ1n) is 7.39. The van der Waals surface area contributed by atoms with Crippen molar-refractivity contribution in [3.63, 3.8) is 0 Å².